The fraction of sp³-hybridized carbons (Fsp3) is 0.0135. The van der Waals surface area contributed by atoms with Crippen LogP contribution in [0.25, 0.3) is 121 Å². The van der Waals surface area contributed by atoms with Crippen LogP contribution in [0.15, 0.2) is 247 Å². The third-order valence-corrected chi connectivity index (χ3v) is 18.9. The van der Waals surface area contributed by atoms with Crippen LogP contribution in [0.2, 0.25) is 0 Å². The number of nitrogens with zero attached hydrogens (tertiary/aromatic N) is 9. The van der Waals surface area contributed by atoms with E-state index in [4.69, 9.17) is 9.97 Å². The average Bonchev–Trinajstić information content (AvgIpc) is 1.48. The molecule has 1 spiro atoms. The van der Waals surface area contributed by atoms with E-state index in [0.717, 1.165) is 132 Å². The van der Waals surface area contributed by atoms with E-state index in [0.29, 0.717) is 16.7 Å². The van der Waals surface area contributed by atoms with E-state index < -0.39 is 5.41 Å². The molecule has 16 aromatic rings. The summed E-state index contributed by atoms with van der Waals surface area (Å²) in [6.07, 6.45) is 4.00. The standard InChI is InChI=1S/C74H39N9S/c75-38-43-21-28-67-55(31-43)54-15-5-10-20-66(54)83(67)49-35-61-73(79-42-49)72-60(34-48(41-78-72)82-64-18-8-3-13-52(64)53-14-4-9-19-65(53)82)74(61)58-26-24-46(80-62-16-6-1-11-50(62)51-12-2-7-17-63(51)80)36-70(58)84-71-37-47(25-27-59(71)74)81-68-29-22-44(39-76)32-56(68)57-33-45(40-77)23-30-69(57)81/h1-37,41-42H. The Morgan fingerprint density at radius 3 is 0.964 bits per heavy atom. The van der Waals surface area contributed by atoms with Crippen LogP contribution in [0.4, 0.5) is 0 Å². The van der Waals surface area contributed by atoms with Gasteiger partial charge in [0.05, 0.1) is 120 Å². The summed E-state index contributed by atoms with van der Waals surface area (Å²) < 4.78 is 9.30. The molecule has 0 fully saturated rings. The van der Waals surface area contributed by atoms with Gasteiger partial charge in [-0.15, -0.1) is 0 Å². The second-order valence-corrected chi connectivity index (χ2v) is 22.9. The molecule has 386 valence electrons. The van der Waals surface area contributed by atoms with Crippen molar-refractivity contribution >= 4 is 99.0 Å². The SMILES string of the molecule is N#Cc1ccc2c(c1)c1ccccc1n2-c1cnc2c(c1)C1(c3ccc(-n4c5ccccc5c5ccccc54)cc3Sc3cc(-n4c5ccc(C#N)cc5c5cc(C#N)ccc54)ccc31)c1cc(-n3c4ccccc4c4ccccc43)cnc1-2. The van der Waals surface area contributed by atoms with Gasteiger partial charge in [0.15, 0.2) is 0 Å². The maximum Gasteiger partial charge on any atom is 0.0991 e. The Balaban J connectivity index is 0.967. The number of rotatable bonds is 4. The zero-order chi connectivity index (χ0) is 55.5. The lowest BCUT2D eigenvalue weighted by Crippen LogP contribution is -2.32. The van der Waals surface area contributed by atoms with Crippen LogP contribution >= 0.6 is 11.8 Å². The largest absolute Gasteiger partial charge is 0.309 e. The Bertz CT molecular complexity index is 5610. The quantitative estimate of drug-likeness (QED) is 0.173. The van der Waals surface area contributed by atoms with Crippen molar-refractivity contribution in [2.45, 2.75) is 15.2 Å². The van der Waals surface area contributed by atoms with Gasteiger partial charge in [-0.3, -0.25) is 9.97 Å². The number of aromatic nitrogens is 6. The van der Waals surface area contributed by atoms with E-state index in [1.165, 1.54) is 21.5 Å². The Labute approximate surface area is 483 Å². The van der Waals surface area contributed by atoms with Crippen LogP contribution in [0.1, 0.15) is 38.9 Å². The number of hydrogen-bond acceptors (Lipinski definition) is 6. The third kappa shape index (κ3) is 6.09. The molecule has 0 amide bonds. The predicted molar refractivity (Wildman–Crippen MR) is 335 cm³/mol. The average molecular weight is 1090 g/mol. The van der Waals surface area contributed by atoms with Gasteiger partial charge in [-0.1, -0.05) is 115 Å². The Morgan fingerprint density at radius 2 is 0.607 bits per heavy atom. The maximum atomic E-state index is 10.1. The molecule has 0 bridgehead atoms. The summed E-state index contributed by atoms with van der Waals surface area (Å²) in [6, 6.07) is 86.2. The molecule has 7 heterocycles. The zero-order valence-corrected chi connectivity index (χ0v) is 45.3. The molecule has 10 heteroatoms. The molecule has 0 N–H and O–H groups in total. The van der Waals surface area contributed by atoms with Crippen molar-refractivity contribution in [1.82, 2.24) is 28.2 Å². The molecule has 0 radical (unpaired) electrons. The molecule has 0 saturated heterocycles. The highest BCUT2D eigenvalue weighted by atomic mass is 32.2. The molecule has 10 aromatic carbocycles. The maximum absolute atomic E-state index is 10.1. The first kappa shape index (κ1) is 46.3. The summed E-state index contributed by atoms with van der Waals surface area (Å²) in [5.41, 5.74) is 18.7. The lowest BCUT2D eigenvalue weighted by molar-refractivity contribution is 0.716. The number of nitriles is 3. The zero-order valence-electron chi connectivity index (χ0n) is 44.4. The van der Waals surface area contributed by atoms with E-state index in [9.17, 15) is 15.8 Å². The molecule has 1 aliphatic carbocycles. The number of pyridine rings is 2. The van der Waals surface area contributed by atoms with Crippen molar-refractivity contribution in [3.05, 3.63) is 276 Å². The highest BCUT2D eigenvalue weighted by molar-refractivity contribution is 7.99. The van der Waals surface area contributed by atoms with Gasteiger partial charge in [0.25, 0.3) is 0 Å². The molecule has 1 atom stereocenters. The highest BCUT2D eigenvalue weighted by Crippen LogP contribution is 2.63. The first-order chi connectivity index (χ1) is 41.5. The molecular weight excluding hydrogens is 1050 g/mol. The number of fused-ring (bicyclic) bond motifs is 21. The summed E-state index contributed by atoms with van der Waals surface area (Å²) >= 11 is 1.77. The number of benzene rings is 10. The van der Waals surface area contributed by atoms with Gasteiger partial charge < -0.3 is 18.3 Å². The minimum Gasteiger partial charge on any atom is -0.309 e. The molecule has 2 aliphatic rings. The topological polar surface area (TPSA) is 117 Å². The lowest BCUT2D eigenvalue weighted by atomic mass is 9.67. The summed E-state index contributed by atoms with van der Waals surface area (Å²) in [5, 5.41) is 39.0. The van der Waals surface area contributed by atoms with Gasteiger partial charge in [-0.25, -0.2) is 0 Å². The van der Waals surface area contributed by atoms with E-state index in [-0.39, 0.29) is 0 Å². The third-order valence-electron chi connectivity index (χ3n) is 17.8. The molecule has 84 heavy (non-hydrogen) atoms. The number of para-hydroxylation sites is 5. The van der Waals surface area contributed by atoms with E-state index >= 15 is 0 Å². The molecule has 6 aromatic heterocycles. The molecule has 1 unspecified atom stereocenters. The second-order valence-electron chi connectivity index (χ2n) is 21.9. The van der Waals surface area contributed by atoms with Gasteiger partial charge in [0, 0.05) is 75.4 Å². The van der Waals surface area contributed by atoms with Gasteiger partial charge in [-0.2, -0.15) is 15.8 Å². The Morgan fingerprint density at radius 1 is 0.298 bits per heavy atom. The monoisotopic (exact) mass is 1090 g/mol. The minimum absolute atomic E-state index is 0.552. The van der Waals surface area contributed by atoms with E-state index in [1.807, 2.05) is 60.9 Å². The van der Waals surface area contributed by atoms with Gasteiger partial charge in [0.2, 0.25) is 0 Å². The minimum atomic E-state index is -0.986. The van der Waals surface area contributed by atoms with Crippen molar-refractivity contribution in [3.8, 4) is 52.3 Å². The van der Waals surface area contributed by atoms with Crippen LogP contribution < -0.4 is 0 Å². The van der Waals surface area contributed by atoms with E-state index in [1.54, 1.807) is 11.8 Å². The Kier molecular flexibility index (Phi) is 9.38. The molecule has 0 saturated carbocycles. The smallest absolute Gasteiger partial charge is 0.0991 e. The summed E-state index contributed by atoms with van der Waals surface area (Å²) in [6.45, 7) is 0. The van der Waals surface area contributed by atoms with Gasteiger partial charge in [0.1, 0.15) is 0 Å². The summed E-state index contributed by atoms with van der Waals surface area (Å²) in [5.74, 6) is 0. The first-order valence-electron chi connectivity index (χ1n) is 27.8. The van der Waals surface area contributed by atoms with Crippen molar-refractivity contribution in [3.63, 3.8) is 0 Å². The first-order valence-corrected chi connectivity index (χ1v) is 28.6. The van der Waals surface area contributed by atoms with Crippen LogP contribution in [0.3, 0.4) is 0 Å². The molecule has 1 aliphatic heterocycles. The lowest BCUT2D eigenvalue weighted by Gasteiger charge is -2.40. The highest BCUT2D eigenvalue weighted by Gasteiger charge is 2.52. The normalized spacial score (nSPS) is 14.2. The second kappa shape index (κ2) is 17.0. The molecule has 9 nitrogen and oxygen atoms in total. The summed E-state index contributed by atoms with van der Waals surface area (Å²) in [4.78, 5) is 13.3. The molecule has 18 rings (SSSR count). The summed E-state index contributed by atoms with van der Waals surface area (Å²) in [7, 11) is 0. The Hall–Kier alpha value is -11.5. The van der Waals surface area contributed by atoms with Crippen molar-refractivity contribution < 1.29 is 0 Å². The predicted octanol–water partition coefficient (Wildman–Crippen LogP) is 17.3. The fourth-order valence-electron chi connectivity index (χ4n) is 14.3. The number of hydrogen-bond donors (Lipinski definition) is 0. The van der Waals surface area contributed by atoms with Crippen LogP contribution in [0.5, 0.6) is 0 Å². The van der Waals surface area contributed by atoms with Crippen LogP contribution in [0, 0.1) is 34.0 Å². The van der Waals surface area contributed by atoms with Crippen molar-refractivity contribution in [2.75, 3.05) is 0 Å². The van der Waals surface area contributed by atoms with Crippen LogP contribution in [-0.2, 0) is 5.41 Å². The van der Waals surface area contributed by atoms with Gasteiger partial charge in [-0.05, 0) is 132 Å². The fourth-order valence-corrected chi connectivity index (χ4v) is 15.6. The van der Waals surface area contributed by atoms with Crippen molar-refractivity contribution in [2.24, 2.45) is 0 Å². The van der Waals surface area contributed by atoms with Gasteiger partial charge >= 0.3 is 0 Å². The molecular formula is C74H39N9S. The van der Waals surface area contributed by atoms with E-state index in [2.05, 4.69) is 212 Å². The van der Waals surface area contributed by atoms with Crippen molar-refractivity contribution in [1.29, 1.82) is 15.8 Å². The van der Waals surface area contributed by atoms with Crippen LogP contribution in [-0.4, -0.2) is 28.2 Å².